The van der Waals surface area contributed by atoms with E-state index in [9.17, 15) is 0 Å². The third-order valence-electron chi connectivity index (χ3n) is 2.29. The summed E-state index contributed by atoms with van der Waals surface area (Å²) in [5.74, 6) is 0.697. The molecule has 0 fully saturated rings. The van der Waals surface area contributed by atoms with Crippen LogP contribution in [0.5, 0.6) is 0 Å². The molecule has 0 N–H and O–H groups in total. The maximum Gasteiger partial charge on any atom is 0.160 e. The van der Waals surface area contributed by atoms with Gasteiger partial charge in [-0.2, -0.15) is 0 Å². The molecule has 0 aliphatic heterocycles. The van der Waals surface area contributed by atoms with Gasteiger partial charge < -0.3 is 0 Å². The lowest BCUT2D eigenvalue weighted by atomic mass is 10.2. The van der Waals surface area contributed by atoms with Crippen molar-refractivity contribution >= 4 is 11.0 Å². The molecule has 0 aromatic carbocycles. The zero-order valence-electron chi connectivity index (χ0n) is 8.41. The molecule has 3 rings (SSSR count). The van der Waals surface area contributed by atoms with Gasteiger partial charge in [-0.1, -0.05) is 0 Å². The molecule has 0 atom stereocenters. The number of pyridine rings is 2. The summed E-state index contributed by atoms with van der Waals surface area (Å²) >= 11 is 0. The van der Waals surface area contributed by atoms with Crippen LogP contribution >= 0.6 is 0 Å². The normalized spacial score (nSPS) is 10.5. The molecule has 3 aromatic heterocycles. The van der Waals surface area contributed by atoms with E-state index in [1.165, 1.54) is 0 Å². The Balaban J connectivity index is 2.19. The Labute approximate surface area is 92.0 Å². The minimum absolute atomic E-state index is 0.697. The molecule has 76 valence electrons. The van der Waals surface area contributed by atoms with E-state index in [1.807, 2.05) is 24.3 Å². The van der Waals surface area contributed by atoms with E-state index >= 15 is 0 Å². The van der Waals surface area contributed by atoms with Crippen LogP contribution < -0.4 is 0 Å². The van der Waals surface area contributed by atoms with Crippen molar-refractivity contribution in [3.63, 3.8) is 0 Å². The summed E-state index contributed by atoms with van der Waals surface area (Å²) in [5.41, 5.74) is 2.62. The molecule has 4 nitrogen and oxygen atoms in total. The summed E-state index contributed by atoms with van der Waals surface area (Å²) in [5, 5.41) is 0. The van der Waals surface area contributed by atoms with Crippen molar-refractivity contribution in [3.05, 3.63) is 49.1 Å². The first-order chi connectivity index (χ1) is 7.93. The Morgan fingerprint density at radius 2 is 1.69 bits per heavy atom. The highest BCUT2D eigenvalue weighted by molar-refractivity contribution is 5.75. The zero-order valence-corrected chi connectivity index (χ0v) is 8.41. The molecular weight excluding hydrogens is 200 g/mol. The highest BCUT2D eigenvalue weighted by atomic mass is 14.9. The SMILES string of the molecule is c1cnc2cnc(-c3ccncc3)nc2c1. The van der Waals surface area contributed by atoms with Crippen LogP contribution in [0.25, 0.3) is 22.4 Å². The summed E-state index contributed by atoms with van der Waals surface area (Å²) in [6.07, 6.45) is 6.92. The first-order valence-electron chi connectivity index (χ1n) is 4.92. The molecule has 0 unspecified atom stereocenters. The predicted octanol–water partition coefficient (Wildman–Crippen LogP) is 2.09. The van der Waals surface area contributed by atoms with Gasteiger partial charge in [-0.15, -0.1) is 0 Å². The summed E-state index contributed by atoms with van der Waals surface area (Å²) in [6, 6.07) is 7.56. The van der Waals surface area contributed by atoms with Crippen molar-refractivity contribution in [2.45, 2.75) is 0 Å². The Hall–Kier alpha value is -2.36. The lowest BCUT2D eigenvalue weighted by Crippen LogP contribution is -1.90. The molecule has 3 aromatic rings. The van der Waals surface area contributed by atoms with Crippen molar-refractivity contribution in [2.75, 3.05) is 0 Å². The second-order valence-electron chi connectivity index (χ2n) is 3.34. The second kappa shape index (κ2) is 3.66. The van der Waals surface area contributed by atoms with Crippen LogP contribution in [0.4, 0.5) is 0 Å². The topological polar surface area (TPSA) is 51.6 Å². The number of rotatable bonds is 1. The summed E-state index contributed by atoms with van der Waals surface area (Å²) < 4.78 is 0. The van der Waals surface area contributed by atoms with Crippen molar-refractivity contribution in [3.8, 4) is 11.4 Å². The average molecular weight is 208 g/mol. The van der Waals surface area contributed by atoms with Crippen LogP contribution in [0.2, 0.25) is 0 Å². The third kappa shape index (κ3) is 1.50. The van der Waals surface area contributed by atoms with Crippen molar-refractivity contribution in [1.82, 2.24) is 19.9 Å². The molecule has 3 heterocycles. The Morgan fingerprint density at radius 3 is 2.56 bits per heavy atom. The molecule has 0 spiro atoms. The largest absolute Gasteiger partial charge is 0.265 e. The van der Waals surface area contributed by atoms with E-state index in [-0.39, 0.29) is 0 Å². The van der Waals surface area contributed by atoms with E-state index in [4.69, 9.17) is 0 Å². The van der Waals surface area contributed by atoms with E-state index in [0.29, 0.717) is 5.82 Å². The number of hydrogen-bond acceptors (Lipinski definition) is 4. The summed E-state index contributed by atoms with van der Waals surface area (Å²) in [6.45, 7) is 0. The standard InChI is InChI=1S/C12H8N4/c1-2-10-11(14-5-1)8-15-12(16-10)9-3-6-13-7-4-9/h1-8H. The fraction of sp³-hybridized carbons (Fsp3) is 0. The fourth-order valence-electron chi connectivity index (χ4n) is 1.51. The van der Waals surface area contributed by atoms with Gasteiger partial charge in [0.1, 0.15) is 5.52 Å². The Kier molecular flexibility index (Phi) is 2.04. The molecule has 0 aliphatic rings. The second-order valence-corrected chi connectivity index (χ2v) is 3.34. The van der Waals surface area contributed by atoms with Gasteiger partial charge in [-0.05, 0) is 24.3 Å². The summed E-state index contributed by atoms with van der Waals surface area (Å²) in [7, 11) is 0. The maximum atomic E-state index is 4.44. The van der Waals surface area contributed by atoms with Crippen LogP contribution in [0.1, 0.15) is 0 Å². The highest BCUT2D eigenvalue weighted by Crippen LogP contribution is 2.15. The molecular formula is C12H8N4. The lowest BCUT2D eigenvalue weighted by Gasteiger charge is -2.00. The average Bonchev–Trinajstić information content (AvgIpc) is 2.39. The van der Waals surface area contributed by atoms with Crippen molar-refractivity contribution < 1.29 is 0 Å². The Bertz CT molecular complexity index is 622. The molecule has 4 heteroatoms. The molecule has 0 amide bonds. The smallest absolute Gasteiger partial charge is 0.160 e. The molecule has 0 saturated carbocycles. The van der Waals surface area contributed by atoms with Crippen LogP contribution in [0, 0.1) is 0 Å². The van der Waals surface area contributed by atoms with Gasteiger partial charge in [0.15, 0.2) is 5.82 Å². The van der Waals surface area contributed by atoms with E-state index in [0.717, 1.165) is 16.6 Å². The maximum absolute atomic E-state index is 4.44. The van der Waals surface area contributed by atoms with Gasteiger partial charge in [-0.25, -0.2) is 9.97 Å². The van der Waals surface area contributed by atoms with Crippen LogP contribution in [-0.2, 0) is 0 Å². The fourth-order valence-corrected chi connectivity index (χ4v) is 1.51. The number of aromatic nitrogens is 4. The first-order valence-corrected chi connectivity index (χ1v) is 4.92. The quantitative estimate of drug-likeness (QED) is 0.614. The minimum atomic E-state index is 0.697. The van der Waals surface area contributed by atoms with Crippen molar-refractivity contribution in [2.24, 2.45) is 0 Å². The van der Waals surface area contributed by atoms with Gasteiger partial charge in [0.05, 0.1) is 11.7 Å². The number of nitrogens with zero attached hydrogens (tertiary/aromatic N) is 4. The first kappa shape index (κ1) is 8.91. The van der Waals surface area contributed by atoms with Gasteiger partial charge in [0.2, 0.25) is 0 Å². The van der Waals surface area contributed by atoms with Crippen LogP contribution in [-0.4, -0.2) is 19.9 Å². The van der Waals surface area contributed by atoms with E-state index in [1.54, 1.807) is 24.8 Å². The zero-order chi connectivity index (χ0) is 10.8. The van der Waals surface area contributed by atoms with Crippen LogP contribution in [0.15, 0.2) is 49.1 Å². The third-order valence-corrected chi connectivity index (χ3v) is 2.29. The number of fused-ring (bicyclic) bond motifs is 1. The van der Waals surface area contributed by atoms with E-state index < -0.39 is 0 Å². The predicted molar refractivity (Wildman–Crippen MR) is 60.6 cm³/mol. The van der Waals surface area contributed by atoms with E-state index in [2.05, 4.69) is 19.9 Å². The van der Waals surface area contributed by atoms with Gasteiger partial charge in [-0.3, -0.25) is 9.97 Å². The highest BCUT2D eigenvalue weighted by Gasteiger charge is 2.02. The molecule has 16 heavy (non-hydrogen) atoms. The summed E-state index contributed by atoms with van der Waals surface area (Å²) in [4.78, 5) is 16.9. The Morgan fingerprint density at radius 1 is 0.812 bits per heavy atom. The van der Waals surface area contributed by atoms with Crippen LogP contribution in [0.3, 0.4) is 0 Å². The molecule has 0 saturated heterocycles. The number of hydrogen-bond donors (Lipinski definition) is 0. The van der Waals surface area contributed by atoms with Gasteiger partial charge in [0, 0.05) is 24.2 Å². The van der Waals surface area contributed by atoms with Gasteiger partial charge in [0.25, 0.3) is 0 Å². The van der Waals surface area contributed by atoms with Crippen molar-refractivity contribution in [1.29, 1.82) is 0 Å². The molecule has 0 radical (unpaired) electrons. The monoisotopic (exact) mass is 208 g/mol. The minimum Gasteiger partial charge on any atom is -0.265 e. The molecule has 0 aliphatic carbocycles. The van der Waals surface area contributed by atoms with Gasteiger partial charge >= 0.3 is 0 Å². The lowest BCUT2D eigenvalue weighted by molar-refractivity contribution is 1.19. The molecule has 0 bridgehead atoms.